The summed E-state index contributed by atoms with van der Waals surface area (Å²) < 4.78 is 0. The van der Waals surface area contributed by atoms with E-state index in [1.807, 2.05) is 16.7 Å². The summed E-state index contributed by atoms with van der Waals surface area (Å²) in [6.07, 6.45) is 2.09. The first kappa shape index (κ1) is 16.5. The first-order valence-corrected chi connectivity index (χ1v) is 9.97. The fourth-order valence-electron chi connectivity index (χ4n) is 3.71. The lowest BCUT2D eigenvalue weighted by molar-refractivity contribution is -0.130. The third kappa shape index (κ3) is 3.40. The zero-order chi connectivity index (χ0) is 17.2. The summed E-state index contributed by atoms with van der Waals surface area (Å²) in [4.78, 5) is 18.6. The molecule has 1 atom stereocenters. The molecule has 25 heavy (non-hydrogen) atoms. The van der Waals surface area contributed by atoms with Gasteiger partial charge in [0.2, 0.25) is 5.91 Å². The van der Waals surface area contributed by atoms with Gasteiger partial charge in [-0.15, -0.1) is 11.8 Å². The van der Waals surface area contributed by atoms with Crippen molar-refractivity contribution in [2.75, 3.05) is 24.5 Å². The number of carbonyl (C=O) groups is 1. The minimum Gasteiger partial charge on any atom is -0.360 e. The van der Waals surface area contributed by atoms with Crippen molar-refractivity contribution in [3.63, 3.8) is 0 Å². The Morgan fingerprint density at radius 2 is 1.88 bits per heavy atom. The molecule has 130 valence electrons. The van der Waals surface area contributed by atoms with E-state index in [9.17, 15) is 4.79 Å². The van der Waals surface area contributed by atoms with Crippen LogP contribution in [0.25, 0.3) is 0 Å². The lowest BCUT2D eigenvalue weighted by atomic mass is 10.00. The van der Waals surface area contributed by atoms with E-state index >= 15 is 0 Å². The Hall–Kier alpha value is -1.94. The van der Waals surface area contributed by atoms with Crippen molar-refractivity contribution < 1.29 is 4.79 Å². The monoisotopic (exact) mass is 352 g/mol. The average molecular weight is 353 g/mol. The molecule has 2 aliphatic rings. The van der Waals surface area contributed by atoms with Crippen LogP contribution in [-0.2, 0) is 17.8 Å². The van der Waals surface area contributed by atoms with Gasteiger partial charge in [0, 0.05) is 29.8 Å². The van der Waals surface area contributed by atoms with Gasteiger partial charge in [-0.05, 0) is 36.1 Å². The maximum Gasteiger partial charge on any atom is 0.242 e. The lowest BCUT2D eigenvalue weighted by Gasteiger charge is -2.37. The molecule has 0 saturated heterocycles. The number of rotatable bonds is 3. The summed E-state index contributed by atoms with van der Waals surface area (Å²) in [7, 11) is 0. The van der Waals surface area contributed by atoms with Crippen molar-refractivity contribution >= 4 is 23.4 Å². The highest BCUT2D eigenvalue weighted by molar-refractivity contribution is 8.00. The highest BCUT2D eigenvalue weighted by Crippen LogP contribution is 2.39. The third-order valence-electron chi connectivity index (χ3n) is 5.19. The Morgan fingerprint density at radius 3 is 2.72 bits per heavy atom. The number of fused-ring (bicyclic) bond motifs is 2. The zero-order valence-electron chi connectivity index (χ0n) is 14.6. The minimum atomic E-state index is 0.242. The Bertz CT molecular complexity index is 776. The van der Waals surface area contributed by atoms with Crippen molar-refractivity contribution in [1.82, 2.24) is 4.90 Å². The summed E-state index contributed by atoms with van der Waals surface area (Å²) in [5.41, 5.74) is 3.89. The minimum absolute atomic E-state index is 0.242. The van der Waals surface area contributed by atoms with Gasteiger partial charge < -0.3 is 9.80 Å². The number of thioether (sulfide) groups is 1. The molecule has 0 spiro atoms. The van der Waals surface area contributed by atoms with Gasteiger partial charge in [-0.25, -0.2) is 0 Å². The number of amides is 1. The number of hydrogen-bond donors (Lipinski definition) is 0. The third-order valence-corrected chi connectivity index (χ3v) is 6.60. The van der Waals surface area contributed by atoms with Crippen molar-refractivity contribution in [1.29, 1.82) is 0 Å². The predicted octanol–water partition coefficient (Wildman–Crippen LogP) is 3.96. The SMILES string of the molecule is CC[C@H]1CN(CC(=O)N2CCc3ccccc3C2)c2ccccc2S1. The topological polar surface area (TPSA) is 23.6 Å². The molecule has 2 heterocycles. The second kappa shape index (κ2) is 7.12. The molecule has 2 aliphatic heterocycles. The fraction of sp³-hybridized carbons (Fsp3) is 0.381. The standard InChI is InChI=1S/C21H24N2OS/c1-2-18-14-23(19-9-5-6-10-20(19)25-18)15-21(24)22-12-11-16-7-3-4-8-17(16)13-22/h3-10,18H,2,11-15H2,1H3/t18-/m0/s1. The Labute approximate surface area is 154 Å². The fourth-order valence-corrected chi connectivity index (χ4v) is 4.97. The van der Waals surface area contributed by atoms with E-state index in [0.29, 0.717) is 11.8 Å². The molecule has 0 aliphatic carbocycles. The summed E-state index contributed by atoms with van der Waals surface area (Å²) in [6.45, 7) is 5.24. The van der Waals surface area contributed by atoms with E-state index < -0.39 is 0 Å². The van der Waals surface area contributed by atoms with Crippen LogP contribution in [0.5, 0.6) is 0 Å². The van der Waals surface area contributed by atoms with Gasteiger partial charge in [0.15, 0.2) is 0 Å². The van der Waals surface area contributed by atoms with Gasteiger partial charge in [-0.2, -0.15) is 0 Å². The summed E-state index contributed by atoms with van der Waals surface area (Å²) in [5.74, 6) is 0.242. The van der Waals surface area contributed by atoms with E-state index in [1.54, 1.807) is 0 Å². The molecule has 4 rings (SSSR count). The van der Waals surface area contributed by atoms with Gasteiger partial charge in [-0.1, -0.05) is 43.3 Å². The largest absolute Gasteiger partial charge is 0.360 e. The summed E-state index contributed by atoms with van der Waals surface area (Å²) >= 11 is 1.95. The molecule has 4 heteroatoms. The molecule has 2 aromatic rings. The number of hydrogen-bond acceptors (Lipinski definition) is 3. The van der Waals surface area contributed by atoms with Crippen LogP contribution in [0, 0.1) is 0 Å². The van der Waals surface area contributed by atoms with Crippen LogP contribution < -0.4 is 4.90 Å². The van der Waals surface area contributed by atoms with E-state index in [4.69, 9.17) is 0 Å². The lowest BCUT2D eigenvalue weighted by Crippen LogP contribution is -2.45. The Morgan fingerprint density at radius 1 is 1.12 bits per heavy atom. The van der Waals surface area contributed by atoms with E-state index in [2.05, 4.69) is 60.4 Å². The molecule has 2 aromatic carbocycles. The highest BCUT2D eigenvalue weighted by atomic mass is 32.2. The number of benzene rings is 2. The van der Waals surface area contributed by atoms with Gasteiger partial charge >= 0.3 is 0 Å². The highest BCUT2D eigenvalue weighted by Gasteiger charge is 2.28. The van der Waals surface area contributed by atoms with Gasteiger partial charge in [0.25, 0.3) is 0 Å². The van der Waals surface area contributed by atoms with Crippen molar-refractivity contribution in [3.8, 4) is 0 Å². The molecule has 0 aromatic heterocycles. The quantitative estimate of drug-likeness (QED) is 0.835. The molecule has 3 nitrogen and oxygen atoms in total. The van der Waals surface area contributed by atoms with Crippen LogP contribution >= 0.6 is 11.8 Å². The smallest absolute Gasteiger partial charge is 0.242 e. The van der Waals surface area contributed by atoms with Gasteiger partial charge in [-0.3, -0.25) is 4.79 Å². The summed E-state index contributed by atoms with van der Waals surface area (Å²) in [5, 5.41) is 0.560. The van der Waals surface area contributed by atoms with E-state index in [-0.39, 0.29) is 5.91 Å². The van der Waals surface area contributed by atoms with Crippen LogP contribution in [0.1, 0.15) is 24.5 Å². The molecule has 0 bridgehead atoms. The predicted molar refractivity (Wildman–Crippen MR) is 104 cm³/mol. The molecule has 0 unspecified atom stereocenters. The molecular weight excluding hydrogens is 328 g/mol. The Kier molecular flexibility index (Phi) is 4.71. The average Bonchev–Trinajstić information content (AvgIpc) is 2.67. The molecular formula is C21H24N2OS. The van der Waals surface area contributed by atoms with Crippen LogP contribution in [0.3, 0.4) is 0 Å². The molecule has 0 saturated carbocycles. The molecule has 0 N–H and O–H groups in total. The van der Waals surface area contributed by atoms with Gasteiger partial charge in [0.05, 0.1) is 12.2 Å². The van der Waals surface area contributed by atoms with Gasteiger partial charge in [0.1, 0.15) is 0 Å². The van der Waals surface area contributed by atoms with Crippen molar-refractivity contribution in [2.45, 2.75) is 36.5 Å². The van der Waals surface area contributed by atoms with Crippen LogP contribution in [0.4, 0.5) is 5.69 Å². The molecule has 0 fully saturated rings. The van der Waals surface area contributed by atoms with Crippen LogP contribution in [0.2, 0.25) is 0 Å². The second-order valence-electron chi connectivity index (χ2n) is 6.83. The van der Waals surface area contributed by atoms with E-state index in [0.717, 1.165) is 32.5 Å². The number of para-hydroxylation sites is 1. The maximum atomic E-state index is 13.0. The molecule has 1 amide bonds. The second-order valence-corrected chi connectivity index (χ2v) is 8.17. The normalized spacial score (nSPS) is 19.3. The first-order chi connectivity index (χ1) is 12.2. The number of carbonyl (C=O) groups excluding carboxylic acids is 1. The molecule has 0 radical (unpaired) electrons. The number of nitrogens with zero attached hydrogens (tertiary/aromatic N) is 2. The zero-order valence-corrected chi connectivity index (χ0v) is 15.5. The van der Waals surface area contributed by atoms with Crippen LogP contribution in [0.15, 0.2) is 53.4 Å². The van der Waals surface area contributed by atoms with E-state index in [1.165, 1.54) is 21.7 Å². The first-order valence-electron chi connectivity index (χ1n) is 9.10. The number of anilines is 1. The maximum absolute atomic E-state index is 13.0. The van der Waals surface area contributed by atoms with Crippen LogP contribution in [-0.4, -0.2) is 35.7 Å². The Balaban J connectivity index is 1.49. The summed E-state index contributed by atoms with van der Waals surface area (Å²) in [6, 6.07) is 17.0. The van der Waals surface area contributed by atoms with Crippen molar-refractivity contribution in [2.24, 2.45) is 0 Å². The van der Waals surface area contributed by atoms with Crippen molar-refractivity contribution in [3.05, 3.63) is 59.7 Å².